The Morgan fingerprint density at radius 3 is 2.75 bits per heavy atom. The SMILES string of the molecule is CCN(Cc1ccncc1)c1ccc2scnc2c1N. The monoisotopic (exact) mass is 284 g/mol. The highest BCUT2D eigenvalue weighted by Crippen LogP contribution is 2.33. The van der Waals surface area contributed by atoms with Gasteiger partial charge in [-0.25, -0.2) is 4.98 Å². The Kier molecular flexibility index (Phi) is 3.52. The van der Waals surface area contributed by atoms with Gasteiger partial charge in [0.05, 0.1) is 21.6 Å². The van der Waals surface area contributed by atoms with Crippen molar-refractivity contribution in [2.24, 2.45) is 0 Å². The molecule has 0 atom stereocenters. The summed E-state index contributed by atoms with van der Waals surface area (Å²) in [6.07, 6.45) is 3.63. The maximum absolute atomic E-state index is 6.28. The van der Waals surface area contributed by atoms with Crippen LogP contribution in [0.5, 0.6) is 0 Å². The van der Waals surface area contributed by atoms with E-state index in [-0.39, 0.29) is 0 Å². The highest BCUT2D eigenvalue weighted by atomic mass is 32.1. The molecule has 3 aromatic rings. The fourth-order valence-corrected chi connectivity index (χ4v) is 2.99. The molecule has 0 saturated carbocycles. The zero-order chi connectivity index (χ0) is 13.9. The first kappa shape index (κ1) is 12.9. The van der Waals surface area contributed by atoms with Crippen LogP contribution in [0, 0.1) is 0 Å². The fraction of sp³-hybridized carbons (Fsp3) is 0.200. The summed E-state index contributed by atoms with van der Waals surface area (Å²) in [6.45, 7) is 3.84. The van der Waals surface area contributed by atoms with Crippen molar-refractivity contribution in [2.45, 2.75) is 13.5 Å². The standard InChI is InChI=1S/C15H16N4S/c1-2-19(9-11-5-7-17-8-6-11)12-3-4-13-15(14(12)16)18-10-20-13/h3-8,10H,2,9,16H2,1H3. The van der Waals surface area contributed by atoms with Crippen LogP contribution >= 0.6 is 11.3 Å². The second-order valence-electron chi connectivity index (χ2n) is 4.57. The molecule has 2 aromatic heterocycles. The number of aromatic nitrogens is 2. The van der Waals surface area contributed by atoms with E-state index in [1.807, 2.05) is 30.0 Å². The zero-order valence-electron chi connectivity index (χ0n) is 11.3. The number of rotatable bonds is 4. The van der Waals surface area contributed by atoms with Crippen molar-refractivity contribution >= 4 is 32.9 Å². The summed E-state index contributed by atoms with van der Waals surface area (Å²) < 4.78 is 1.13. The van der Waals surface area contributed by atoms with Crippen molar-refractivity contribution in [2.75, 3.05) is 17.2 Å². The zero-order valence-corrected chi connectivity index (χ0v) is 12.1. The van der Waals surface area contributed by atoms with Crippen LogP contribution in [-0.4, -0.2) is 16.5 Å². The number of fused-ring (bicyclic) bond motifs is 1. The van der Waals surface area contributed by atoms with Crippen LogP contribution in [0.3, 0.4) is 0 Å². The second-order valence-corrected chi connectivity index (χ2v) is 5.45. The van der Waals surface area contributed by atoms with Crippen molar-refractivity contribution in [3.8, 4) is 0 Å². The molecule has 0 aliphatic rings. The van der Waals surface area contributed by atoms with E-state index in [4.69, 9.17) is 5.73 Å². The maximum Gasteiger partial charge on any atom is 0.106 e. The molecule has 4 nitrogen and oxygen atoms in total. The minimum Gasteiger partial charge on any atom is -0.395 e. The van der Waals surface area contributed by atoms with Gasteiger partial charge in [0.1, 0.15) is 5.52 Å². The third kappa shape index (κ3) is 2.32. The number of pyridine rings is 1. The largest absolute Gasteiger partial charge is 0.395 e. The van der Waals surface area contributed by atoms with Crippen molar-refractivity contribution in [1.82, 2.24) is 9.97 Å². The average molecular weight is 284 g/mol. The number of hydrogen-bond acceptors (Lipinski definition) is 5. The van der Waals surface area contributed by atoms with Gasteiger partial charge in [0.2, 0.25) is 0 Å². The average Bonchev–Trinajstić information content (AvgIpc) is 2.96. The Morgan fingerprint density at radius 2 is 2.00 bits per heavy atom. The summed E-state index contributed by atoms with van der Waals surface area (Å²) in [5.41, 5.74) is 12.1. The van der Waals surface area contributed by atoms with Gasteiger partial charge in [-0.15, -0.1) is 11.3 Å². The molecule has 0 amide bonds. The third-order valence-corrected chi connectivity index (χ3v) is 4.16. The van der Waals surface area contributed by atoms with Gasteiger partial charge in [0.25, 0.3) is 0 Å². The van der Waals surface area contributed by atoms with E-state index in [2.05, 4.69) is 33.9 Å². The first-order chi connectivity index (χ1) is 9.79. The lowest BCUT2D eigenvalue weighted by Gasteiger charge is -2.24. The molecule has 2 N–H and O–H groups in total. The summed E-state index contributed by atoms with van der Waals surface area (Å²) in [6, 6.07) is 8.23. The topological polar surface area (TPSA) is 55.0 Å². The Labute approximate surface area is 121 Å². The van der Waals surface area contributed by atoms with E-state index in [1.165, 1.54) is 5.56 Å². The van der Waals surface area contributed by atoms with Crippen molar-refractivity contribution in [3.05, 3.63) is 47.7 Å². The molecule has 0 radical (unpaired) electrons. The lowest BCUT2D eigenvalue weighted by molar-refractivity contribution is 0.832. The Bertz CT molecular complexity index is 708. The normalized spacial score (nSPS) is 10.8. The van der Waals surface area contributed by atoms with Gasteiger partial charge in [-0.1, -0.05) is 0 Å². The van der Waals surface area contributed by atoms with Crippen LogP contribution < -0.4 is 10.6 Å². The van der Waals surface area contributed by atoms with Crippen molar-refractivity contribution in [1.29, 1.82) is 0 Å². The molecule has 102 valence electrons. The maximum atomic E-state index is 6.28. The highest BCUT2D eigenvalue weighted by molar-refractivity contribution is 7.16. The van der Waals surface area contributed by atoms with Gasteiger partial charge < -0.3 is 10.6 Å². The summed E-state index contributed by atoms with van der Waals surface area (Å²) >= 11 is 1.62. The highest BCUT2D eigenvalue weighted by Gasteiger charge is 2.12. The fourth-order valence-electron chi connectivity index (χ4n) is 2.29. The van der Waals surface area contributed by atoms with Crippen LogP contribution in [0.4, 0.5) is 11.4 Å². The van der Waals surface area contributed by atoms with Crippen molar-refractivity contribution in [3.63, 3.8) is 0 Å². The summed E-state index contributed by atoms with van der Waals surface area (Å²) in [7, 11) is 0. The molecule has 5 heteroatoms. The number of hydrogen-bond donors (Lipinski definition) is 1. The first-order valence-corrected chi connectivity index (χ1v) is 7.43. The minimum absolute atomic E-state index is 0.764. The smallest absolute Gasteiger partial charge is 0.106 e. The number of benzene rings is 1. The molecule has 0 fully saturated rings. The van der Waals surface area contributed by atoms with Gasteiger partial charge in [0.15, 0.2) is 0 Å². The quantitative estimate of drug-likeness (QED) is 0.747. The van der Waals surface area contributed by atoms with Gasteiger partial charge in [-0.3, -0.25) is 4.98 Å². The van der Waals surface area contributed by atoms with Gasteiger partial charge in [-0.2, -0.15) is 0 Å². The number of nitrogens with zero attached hydrogens (tertiary/aromatic N) is 3. The Balaban J connectivity index is 1.96. The molecule has 2 heterocycles. The van der Waals surface area contributed by atoms with E-state index < -0.39 is 0 Å². The summed E-state index contributed by atoms with van der Waals surface area (Å²) in [5, 5.41) is 0. The molecule has 0 unspecified atom stereocenters. The summed E-state index contributed by atoms with van der Waals surface area (Å²) in [4.78, 5) is 10.7. The molecule has 0 aliphatic carbocycles. The molecule has 0 spiro atoms. The summed E-state index contributed by atoms with van der Waals surface area (Å²) in [5.74, 6) is 0. The molecule has 3 rings (SSSR count). The van der Waals surface area contributed by atoms with Crippen LogP contribution in [0.15, 0.2) is 42.2 Å². The molecule has 1 aromatic carbocycles. The molecule has 0 bridgehead atoms. The van der Waals surface area contributed by atoms with Crippen LogP contribution in [0.25, 0.3) is 10.2 Å². The molecular formula is C15H16N4S. The Hall–Kier alpha value is -2.14. The number of nitrogens with two attached hydrogens (primary N) is 1. The predicted molar refractivity (Wildman–Crippen MR) is 85.0 cm³/mol. The van der Waals surface area contributed by atoms with Crippen LogP contribution in [0.1, 0.15) is 12.5 Å². The third-order valence-electron chi connectivity index (χ3n) is 3.36. The molecule has 0 aliphatic heterocycles. The van der Waals surface area contributed by atoms with E-state index in [9.17, 15) is 0 Å². The predicted octanol–water partition coefficient (Wildman–Crippen LogP) is 3.30. The lowest BCUT2D eigenvalue weighted by atomic mass is 10.2. The van der Waals surface area contributed by atoms with Crippen molar-refractivity contribution < 1.29 is 0 Å². The number of thiazole rings is 1. The second kappa shape index (κ2) is 5.46. The van der Waals surface area contributed by atoms with Gasteiger partial charge in [0, 0.05) is 25.5 Å². The number of nitrogen functional groups attached to an aromatic ring is 1. The first-order valence-electron chi connectivity index (χ1n) is 6.55. The minimum atomic E-state index is 0.764. The van der Waals surface area contributed by atoms with Crippen LogP contribution in [0.2, 0.25) is 0 Å². The molecule has 0 saturated heterocycles. The molecular weight excluding hydrogens is 268 g/mol. The van der Waals surface area contributed by atoms with E-state index in [1.54, 1.807) is 11.3 Å². The van der Waals surface area contributed by atoms with E-state index in [0.29, 0.717) is 0 Å². The number of anilines is 2. The van der Waals surface area contributed by atoms with E-state index in [0.717, 1.165) is 34.7 Å². The lowest BCUT2D eigenvalue weighted by Crippen LogP contribution is -2.23. The van der Waals surface area contributed by atoms with E-state index >= 15 is 0 Å². The van der Waals surface area contributed by atoms with Crippen LogP contribution in [-0.2, 0) is 6.54 Å². The van der Waals surface area contributed by atoms with Gasteiger partial charge in [-0.05, 0) is 36.8 Å². The Morgan fingerprint density at radius 1 is 1.20 bits per heavy atom. The molecule has 20 heavy (non-hydrogen) atoms. The van der Waals surface area contributed by atoms with Gasteiger partial charge >= 0.3 is 0 Å².